The monoisotopic (exact) mass is 306 g/mol. The minimum atomic E-state index is 0.261. The second-order valence-electron chi connectivity index (χ2n) is 6.41. The molecule has 4 heteroatoms. The lowest BCUT2D eigenvalue weighted by Crippen LogP contribution is -2.23. The van der Waals surface area contributed by atoms with Crippen molar-refractivity contribution in [3.05, 3.63) is 10.4 Å². The molecule has 0 radical (unpaired) electrons. The number of nitrogens with two attached hydrogens (primary N) is 1. The molecule has 2 fully saturated rings. The van der Waals surface area contributed by atoms with E-state index in [1.54, 1.807) is 11.3 Å². The van der Waals surface area contributed by atoms with E-state index in [0.717, 1.165) is 36.5 Å². The largest absolute Gasteiger partial charge is 0.397 e. The van der Waals surface area contributed by atoms with Crippen molar-refractivity contribution < 1.29 is 4.79 Å². The Kier molecular flexibility index (Phi) is 4.25. The van der Waals surface area contributed by atoms with Crippen LogP contribution in [0.15, 0.2) is 0 Å². The predicted molar refractivity (Wildman–Crippen MR) is 90.6 cm³/mol. The summed E-state index contributed by atoms with van der Waals surface area (Å²) in [6.07, 6.45) is 6.97. The number of carbonyl (C=O) groups is 1. The molecule has 2 saturated carbocycles. The number of carbonyl (C=O) groups excluding carboxylic acids is 1. The number of ketones is 1. The van der Waals surface area contributed by atoms with Gasteiger partial charge in [0.05, 0.1) is 15.6 Å². The Bertz CT molecular complexity index is 529. The van der Waals surface area contributed by atoms with E-state index in [1.165, 1.54) is 36.2 Å². The second-order valence-corrected chi connectivity index (χ2v) is 7.41. The molecule has 0 spiro atoms. The van der Waals surface area contributed by atoms with Crippen LogP contribution in [0.2, 0.25) is 0 Å². The Balaban J connectivity index is 1.93. The quantitative estimate of drug-likeness (QED) is 0.723. The maximum absolute atomic E-state index is 12.5. The number of unbranched alkanes of at least 4 members (excludes halogenated alkanes) is 1. The lowest BCUT2D eigenvalue weighted by Gasteiger charge is -2.22. The first-order valence-corrected chi connectivity index (χ1v) is 9.20. The van der Waals surface area contributed by atoms with Crippen molar-refractivity contribution in [1.82, 2.24) is 0 Å². The minimum absolute atomic E-state index is 0.261. The number of nitrogen functional groups attached to an aromatic ring is 1. The van der Waals surface area contributed by atoms with E-state index >= 15 is 0 Å². The fourth-order valence-electron chi connectivity index (χ4n) is 2.91. The maximum Gasteiger partial charge on any atom is 0.178 e. The lowest BCUT2D eigenvalue weighted by atomic mass is 10.1. The molecule has 116 valence electrons. The minimum Gasteiger partial charge on any atom is -0.397 e. The highest BCUT2D eigenvalue weighted by Gasteiger charge is 2.38. The van der Waals surface area contributed by atoms with Crippen LogP contribution in [0.25, 0.3) is 0 Å². The van der Waals surface area contributed by atoms with Crippen LogP contribution in [0.4, 0.5) is 10.7 Å². The van der Waals surface area contributed by atoms with Gasteiger partial charge in [0.15, 0.2) is 5.78 Å². The van der Waals surface area contributed by atoms with Crippen LogP contribution >= 0.6 is 11.3 Å². The second kappa shape index (κ2) is 5.99. The van der Waals surface area contributed by atoms with Gasteiger partial charge in [-0.3, -0.25) is 4.79 Å². The van der Waals surface area contributed by atoms with Gasteiger partial charge in [0.25, 0.3) is 0 Å². The molecule has 1 aromatic rings. The van der Waals surface area contributed by atoms with Crippen LogP contribution < -0.4 is 10.6 Å². The standard InChI is InChI=1S/C17H26N2OS/c1-3-5-10-19(4-2)17-13(11-6-7-11)14(18)16(21-17)15(20)12-8-9-12/h11-12H,3-10,18H2,1-2H3. The van der Waals surface area contributed by atoms with Gasteiger partial charge in [0, 0.05) is 24.6 Å². The first-order valence-electron chi connectivity index (χ1n) is 8.38. The van der Waals surface area contributed by atoms with E-state index in [4.69, 9.17) is 5.73 Å². The van der Waals surface area contributed by atoms with Crippen molar-refractivity contribution in [1.29, 1.82) is 0 Å². The molecule has 3 nitrogen and oxygen atoms in total. The Morgan fingerprint density at radius 2 is 2.00 bits per heavy atom. The van der Waals surface area contributed by atoms with Crippen LogP contribution in [0.1, 0.15) is 73.5 Å². The van der Waals surface area contributed by atoms with Gasteiger partial charge in [0.1, 0.15) is 0 Å². The van der Waals surface area contributed by atoms with Gasteiger partial charge in [-0.05, 0) is 44.9 Å². The highest BCUT2D eigenvalue weighted by molar-refractivity contribution is 7.19. The first kappa shape index (κ1) is 14.9. The van der Waals surface area contributed by atoms with Crippen LogP contribution in [0, 0.1) is 5.92 Å². The Labute approximate surface area is 131 Å². The molecule has 21 heavy (non-hydrogen) atoms. The molecule has 1 heterocycles. The molecule has 2 aliphatic carbocycles. The van der Waals surface area contributed by atoms with Gasteiger partial charge in [-0.25, -0.2) is 0 Å². The number of thiophene rings is 1. The number of nitrogens with zero attached hydrogens (tertiary/aromatic N) is 1. The van der Waals surface area contributed by atoms with E-state index in [0.29, 0.717) is 11.7 Å². The zero-order chi connectivity index (χ0) is 15.0. The molecule has 0 atom stereocenters. The molecule has 3 rings (SSSR count). The zero-order valence-electron chi connectivity index (χ0n) is 13.2. The van der Waals surface area contributed by atoms with Gasteiger partial charge in [-0.1, -0.05) is 13.3 Å². The molecule has 0 saturated heterocycles. The number of rotatable bonds is 8. The summed E-state index contributed by atoms with van der Waals surface area (Å²) in [5, 5.41) is 1.29. The number of hydrogen-bond acceptors (Lipinski definition) is 4. The molecule has 2 N–H and O–H groups in total. The fraction of sp³-hybridized carbons (Fsp3) is 0.706. The maximum atomic E-state index is 12.5. The van der Waals surface area contributed by atoms with E-state index in [1.807, 2.05) is 0 Å². The van der Waals surface area contributed by atoms with Gasteiger partial charge in [-0.15, -0.1) is 11.3 Å². The summed E-state index contributed by atoms with van der Waals surface area (Å²) in [6, 6.07) is 0. The first-order chi connectivity index (χ1) is 10.2. The average Bonchev–Trinajstić information content (AvgIpc) is 3.37. The molecule has 0 bridgehead atoms. The summed E-state index contributed by atoms with van der Waals surface area (Å²) < 4.78 is 0. The Morgan fingerprint density at radius 1 is 1.29 bits per heavy atom. The van der Waals surface area contributed by atoms with Gasteiger partial charge in [0.2, 0.25) is 0 Å². The smallest absolute Gasteiger partial charge is 0.178 e. The molecular formula is C17H26N2OS. The van der Waals surface area contributed by atoms with Crippen molar-refractivity contribution in [2.24, 2.45) is 5.92 Å². The van der Waals surface area contributed by atoms with E-state index in [9.17, 15) is 4.79 Å². The fourth-order valence-corrected chi connectivity index (χ4v) is 4.33. The number of anilines is 2. The Morgan fingerprint density at radius 3 is 2.52 bits per heavy atom. The Hall–Kier alpha value is -1.03. The third-order valence-corrected chi connectivity index (χ3v) is 5.87. The molecular weight excluding hydrogens is 280 g/mol. The van der Waals surface area contributed by atoms with Gasteiger partial charge < -0.3 is 10.6 Å². The molecule has 0 aromatic carbocycles. The van der Waals surface area contributed by atoms with Crippen LogP contribution in [0.5, 0.6) is 0 Å². The molecule has 0 aliphatic heterocycles. The highest BCUT2D eigenvalue weighted by Crippen LogP contribution is 2.53. The molecule has 1 aromatic heterocycles. The number of hydrogen-bond donors (Lipinski definition) is 1. The van der Waals surface area contributed by atoms with Gasteiger partial charge >= 0.3 is 0 Å². The highest BCUT2D eigenvalue weighted by atomic mass is 32.1. The molecule has 0 unspecified atom stereocenters. The molecule has 0 amide bonds. The topological polar surface area (TPSA) is 46.3 Å². The lowest BCUT2D eigenvalue weighted by molar-refractivity contribution is 0.0972. The van der Waals surface area contributed by atoms with Crippen LogP contribution in [-0.4, -0.2) is 18.9 Å². The van der Waals surface area contributed by atoms with Crippen LogP contribution in [0.3, 0.4) is 0 Å². The third kappa shape index (κ3) is 2.96. The van der Waals surface area contributed by atoms with Gasteiger partial charge in [-0.2, -0.15) is 0 Å². The summed E-state index contributed by atoms with van der Waals surface area (Å²) in [5.74, 6) is 1.17. The van der Waals surface area contributed by atoms with Crippen molar-refractivity contribution >= 4 is 27.8 Å². The van der Waals surface area contributed by atoms with Crippen molar-refractivity contribution in [3.63, 3.8) is 0 Å². The predicted octanol–water partition coefficient (Wildman–Crippen LogP) is 4.43. The van der Waals surface area contributed by atoms with E-state index in [-0.39, 0.29) is 5.92 Å². The van der Waals surface area contributed by atoms with E-state index < -0.39 is 0 Å². The SMILES string of the molecule is CCCCN(CC)c1sc(C(=O)C2CC2)c(N)c1C1CC1. The zero-order valence-corrected chi connectivity index (χ0v) is 14.0. The molecule has 2 aliphatic rings. The average molecular weight is 306 g/mol. The summed E-state index contributed by atoms with van der Waals surface area (Å²) in [4.78, 5) is 15.8. The number of Topliss-reactive ketones (excluding diaryl/α,β-unsaturated/α-hetero) is 1. The van der Waals surface area contributed by atoms with Crippen molar-refractivity contribution in [3.8, 4) is 0 Å². The summed E-state index contributed by atoms with van der Waals surface area (Å²) >= 11 is 1.67. The summed E-state index contributed by atoms with van der Waals surface area (Å²) in [5.41, 5.74) is 8.50. The van der Waals surface area contributed by atoms with Crippen molar-refractivity contribution in [2.45, 2.75) is 58.3 Å². The normalized spacial score (nSPS) is 18.0. The summed E-state index contributed by atoms with van der Waals surface area (Å²) in [7, 11) is 0. The third-order valence-electron chi connectivity index (χ3n) is 4.57. The summed E-state index contributed by atoms with van der Waals surface area (Å²) in [6.45, 7) is 6.49. The van der Waals surface area contributed by atoms with Crippen LogP contribution in [-0.2, 0) is 0 Å². The van der Waals surface area contributed by atoms with E-state index in [2.05, 4.69) is 18.7 Å². The van der Waals surface area contributed by atoms with Crippen molar-refractivity contribution in [2.75, 3.05) is 23.7 Å².